The molecular formula is C11H25NO3S. The molecule has 0 rings (SSSR count). The summed E-state index contributed by atoms with van der Waals surface area (Å²) in [5.74, 6) is 0.126. The maximum Gasteiger partial charge on any atom is 0.153 e. The van der Waals surface area contributed by atoms with Crippen molar-refractivity contribution in [2.24, 2.45) is 5.92 Å². The van der Waals surface area contributed by atoms with Crippen LogP contribution in [0.5, 0.6) is 0 Å². The highest BCUT2D eigenvalue weighted by Gasteiger charge is 2.31. The lowest BCUT2D eigenvalue weighted by Crippen LogP contribution is -2.48. The third-order valence-electron chi connectivity index (χ3n) is 3.28. The smallest absolute Gasteiger partial charge is 0.153 e. The number of hydrogen-bond acceptors (Lipinski definition) is 4. The van der Waals surface area contributed by atoms with Gasteiger partial charge in [0.05, 0.1) is 10.3 Å². The molecule has 1 atom stereocenters. The fourth-order valence-electron chi connectivity index (χ4n) is 0.952. The molecule has 2 N–H and O–H groups in total. The van der Waals surface area contributed by atoms with Crippen LogP contribution in [0.1, 0.15) is 34.6 Å². The molecule has 0 aromatic carbocycles. The summed E-state index contributed by atoms with van der Waals surface area (Å²) in [5, 5.41) is 13.0. The Hall–Kier alpha value is -0.130. The molecule has 4 nitrogen and oxygen atoms in total. The quantitative estimate of drug-likeness (QED) is 0.733. The molecule has 1 unspecified atom stereocenters. The summed E-state index contributed by atoms with van der Waals surface area (Å²) in [6.07, 6.45) is 1.23. The molecule has 0 aliphatic carbocycles. The van der Waals surface area contributed by atoms with Crippen molar-refractivity contribution < 1.29 is 13.5 Å². The van der Waals surface area contributed by atoms with Crippen molar-refractivity contribution in [1.82, 2.24) is 5.32 Å². The summed E-state index contributed by atoms with van der Waals surface area (Å²) in [7, 11) is -3.08. The molecule has 0 saturated heterocycles. The third-order valence-corrected chi connectivity index (χ3v) is 5.43. The zero-order valence-electron chi connectivity index (χ0n) is 11.2. The zero-order valence-corrected chi connectivity index (χ0v) is 12.0. The van der Waals surface area contributed by atoms with Crippen molar-refractivity contribution >= 4 is 9.84 Å². The van der Waals surface area contributed by atoms with Gasteiger partial charge in [-0.2, -0.15) is 0 Å². The first kappa shape index (κ1) is 15.9. The van der Waals surface area contributed by atoms with E-state index in [-0.39, 0.29) is 5.92 Å². The average molecular weight is 251 g/mol. The number of aliphatic hydroxyl groups is 1. The van der Waals surface area contributed by atoms with E-state index in [0.29, 0.717) is 13.1 Å². The van der Waals surface area contributed by atoms with Crippen molar-refractivity contribution in [1.29, 1.82) is 0 Å². The van der Waals surface area contributed by atoms with Crippen LogP contribution >= 0.6 is 0 Å². The molecule has 0 aromatic rings. The Kier molecular flexibility index (Phi) is 4.98. The molecule has 16 heavy (non-hydrogen) atoms. The van der Waals surface area contributed by atoms with Gasteiger partial charge in [-0.05, 0) is 26.7 Å². The van der Waals surface area contributed by atoms with E-state index in [0.717, 1.165) is 0 Å². The van der Waals surface area contributed by atoms with Gasteiger partial charge in [-0.1, -0.05) is 13.8 Å². The minimum atomic E-state index is -3.08. The first-order chi connectivity index (χ1) is 6.90. The summed E-state index contributed by atoms with van der Waals surface area (Å²) in [6.45, 7) is 9.71. The molecule has 0 bridgehead atoms. The maximum atomic E-state index is 11.4. The highest BCUT2D eigenvalue weighted by Crippen LogP contribution is 2.17. The Morgan fingerprint density at radius 1 is 1.19 bits per heavy atom. The Morgan fingerprint density at radius 3 is 1.94 bits per heavy atom. The molecule has 0 amide bonds. The van der Waals surface area contributed by atoms with Crippen LogP contribution in [-0.2, 0) is 9.84 Å². The van der Waals surface area contributed by atoms with Gasteiger partial charge in [0.15, 0.2) is 9.84 Å². The predicted molar refractivity (Wildman–Crippen MR) is 67.3 cm³/mol. The second-order valence-corrected chi connectivity index (χ2v) is 8.30. The van der Waals surface area contributed by atoms with Crippen LogP contribution in [0, 0.1) is 5.92 Å². The fraction of sp³-hybridized carbons (Fsp3) is 1.00. The lowest BCUT2D eigenvalue weighted by Gasteiger charge is -2.30. The van der Waals surface area contributed by atoms with Gasteiger partial charge in [0.2, 0.25) is 0 Å². The van der Waals surface area contributed by atoms with Crippen LogP contribution in [0.3, 0.4) is 0 Å². The van der Waals surface area contributed by atoms with Gasteiger partial charge in [-0.15, -0.1) is 0 Å². The van der Waals surface area contributed by atoms with E-state index in [9.17, 15) is 13.5 Å². The second-order valence-electron chi connectivity index (χ2n) is 5.65. The molecule has 0 aromatic heterocycles. The van der Waals surface area contributed by atoms with E-state index in [4.69, 9.17) is 0 Å². The van der Waals surface area contributed by atoms with Crippen LogP contribution in [0.15, 0.2) is 0 Å². The molecular weight excluding hydrogens is 226 g/mol. The first-order valence-electron chi connectivity index (χ1n) is 5.53. The topological polar surface area (TPSA) is 66.4 Å². The summed E-state index contributed by atoms with van der Waals surface area (Å²) in [4.78, 5) is 0. The lowest BCUT2D eigenvalue weighted by atomic mass is 9.92. The minimum Gasteiger partial charge on any atom is -0.389 e. The molecule has 0 saturated carbocycles. The number of nitrogens with one attached hydrogen (secondary N) is 1. The van der Waals surface area contributed by atoms with Gasteiger partial charge in [0.25, 0.3) is 0 Å². The standard InChI is InChI=1S/C11H25NO3S/c1-9(2)11(5,13)8-12-7-10(3,4)16(6,14)15/h9,12-13H,7-8H2,1-6H3. The van der Waals surface area contributed by atoms with Crippen LogP contribution in [0.25, 0.3) is 0 Å². The highest BCUT2D eigenvalue weighted by molar-refractivity contribution is 7.92. The van der Waals surface area contributed by atoms with Gasteiger partial charge in [-0.25, -0.2) is 8.42 Å². The molecule has 0 spiro atoms. The van der Waals surface area contributed by atoms with E-state index in [1.807, 2.05) is 13.8 Å². The highest BCUT2D eigenvalue weighted by atomic mass is 32.2. The summed E-state index contributed by atoms with van der Waals surface area (Å²) in [5.41, 5.74) is -0.812. The van der Waals surface area contributed by atoms with Gasteiger partial charge in [0.1, 0.15) is 0 Å². The average Bonchev–Trinajstić information content (AvgIpc) is 2.00. The molecule has 5 heteroatoms. The van der Waals surface area contributed by atoms with Crippen LogP contribution in [0.4, 0.5) is 0 Å². The lowest BCUT2D eigenvalue weighted by molar-refractivity contribution is 0.0140. The molecule has 0 fully saturated rings. The Labute approximate surface area is 99.4 Å². The van der Waals surface area contributed by atoms with E-state index in [1.54, 1.807) is 20.8 Å². The second kappa shape index (κ2) is 5.02. The molecule has 0 aliphatic rings. The molecule has 0 radical (unpaired) electrons. The summed E-state index contributed by atoms with van der Waals surface area (Å²) >= 11 is 0. The zero-order chi connectivity index (χ0) is 13.2. The maximum absolute atomic E-state index is 11.4. The van der Waals surface area contributed by atoms with Gasteiger partial charge in [0, 0.05) is 19.3 Å². The van der Waals surface area contributed by atoms with E-state index in [2.05, 4.69) is 5.32 Å². The van der Waals surface area contributed by atoms with Crippen molar-refractivity contribution in [3.63, 3.8) is 0 Å². The third kappa shape index (κ3) is 4.39. The van der Waals surface area contributed by atoms with Crippen molar-refractivity contribution in [3.05, 3.63) is 0 Å². The van der Waals surface area contributed by atoms with E-state index >= 15 is 0 Å². The molecule has 0 aliphatic heterocycles. The van der Waals surface area contributed by atoms with Gasteiger partial charge >= 0.3 is 0 Å². The first-order valence-corrected chi connectivity index (χ1v) is 7.42. The molecule has 0 heterocycles. The van der Waals surface area contributed by atoms with Crippen LogP contribution in [-0.4, -0.2) is 43.2 Å². The number of hydrogen-bond donors (Lipinski definition) is 2. The van der Waals surface area contributed by atoms with Crippen molar-refractivity contribution in [3.8, 4) is 0 Å². The Balaban J connectivity index is 4.30. The van der Waals surface area contributed by atoms with Crippen LogP contribution in [0.2, 0.25) is 0 Å². The summed E-state index contributed by atoms with van der Waals surface area (Å²) in [6, 6.07) is 0. The predicted octanol–water partition coefficient (Wildman–Crippen LogP) is 0.806. The van der Waals surface area contributed by atoms with E-state index < -0.39 is 20.2 Å². The number of sulfone groups is 1. The normalized spacial score (nSPS) is 17.5. The van der Waals surface area contributed by atoms with Crippen LogP contribution < -0.4 is 5.32 Å². The van der Waals surface area contributed by atoms with E-state index in [1.165, 1.54) is 6.26 Å². The number of rotatable bonds is 6. The van der Waals surface area contributed by atoms with Gasteiger partial charge in [-0.3, -0.25) is 0 Å². The Bertz CT molecular complexity index is 318. The summed E-state index contributed by atoms with van der Waals surface area (Å²) < 4.78 is 22.1. The fourth-order valence-corrected chi connectivity index (χ4v) is 1.32. The Morgan fingerprint density at radius 2 is 1.62 bits per heavy atom. The molecule has 98 valence electrons. The monoisotopic (exact) mass is 251 g/mol. The minimum absolute atomic E-state index is 0.126. The van der Waals surface area contributed by atoms with Gasteiger partial charge < -0.3 is 10.4 Å². The van der Waals surface area contributed by atoms with Crippen molar-refractivity contribution in [2.45, 2.75) is 45.0 Å². The van der Waals surface area contributed by atoms with Crippen molar-refractivity contribution in [2.75, 3.05) is 19.3 Å². The SMILES string of the molecule is CC(C)C(C)(O)CNCC(C)(C)S(C)(=O)=O. The largest absolute Gasteiger partial charge is 0.389 e.